The van der Waals surface area contributed by atoms with E-state index in [-0.39, 0.29) is 0 Å². The Morgan fingerprint density at radius 3 is 2.24 bits per heavy atom. The van der Waals surface area contributed by atoms with Gasteiger partial charge in [-0.3, -0.25) is 0 Å². The van der Waals surface area contributed by atoms with Crippen LogP contribution in [0.3, 0.4) is 0 Å². The molecule has 0 aliphatic rings. The topological polar surface area (TPSA) is 21.3 Å². The predicted octanol–water partition coefficient (Wildman–Crippen LogP) is 3.79. The minimum atomic E-state index is -2.58. The van der Waals surface area contributed by atoms with E-state index in [0.717, 1.165) is 0 Å². The van der Waals surface area contributed by atoms with Gasteiger partial charge >= 0.3 is 0 Å². The Morgan fingerprint density at radius 1 is 1.00 bits per heavy atom. The second-order valence-electron chi connectivity index (χ2n) is 4.32. The molecule has 4 heteroatoms. The Hall–Kier alpha value is -2.54. The first-order valence-electron chi connectivity index (χ1n) is 6.44. The van der Waals surface area contributed by atoms with E-state index in [1.165, 1.54) is 0 Å². The molecule has 1 atom stereocenters. The molecule has 0 amide bonds. The van der Waals surface area contributed by atoms with Gasteiger partial charge in [0.1, 0.15) is 11.8 Å². The molecule has 0 spiro atoms. The van der Waals surface area contributed by atoms with Crippen LogP contribution < -0.4 is 10.1 Å². The van der Waals surface area contributed by atoms with E-state index in [1.807, 2.05) is 18.2 Å². The molecule has 0 saturated carbocycles. The van der Waals surface area contributed by atoms with Crippen molar-refractivity contribution >= 4 is 5.69 Å². The summed E-state index contributed by atoms with van der Waals surface area (Å²) < 4.78 is 31.1. The van der Waals surface area contributed by atoms with Crippen LogP contribution in [0, 0.1) is 11.8 Å². The van der Waals surface area contributed by atoms with Gasteiger partial charge in [0.25, 0.3) is 6.43 Å². The maximum atomic E-state index is 13.0. The average molecular weight is 287 g/mol. The van der Waals surface area contributed by atoms with Crippen LogP contribution in [0.25, 0.3) is 0 Å². The molecule has 0 saturated heterocycles. The fourth-order valence-electron chi connectivity index (χ4n) is 1.71. The summed E-state index contributed by atoms with van der Waals surface area (Å²) in [7, 11) is 1.55. The van der Waals surface area contributed by atoms with Crippen LogP contribution >= 0.6 is 0 Å². The molecule has 2 rings (SSSR count). The Morgan fingerprint density at radius 2 is 1.67 bits per heavy atom. The number of hydrogen-bond donors (Lipinski definition) is 1. The van der Waals surface area contributed by atoms with Crippen molar-refractivity contribution in [2.24, 2.45) is 0 Å². The van der Waals surface area contributed by atoms with Gasteiger partial charge in [0, 0.05) is 11.3 Å². The Labute approximate surface area is 122 Å². The van der Waals surface area contributed by atoms with E-state index in [2.05, 4.69) is 17.2 Å². The summed E-state index contributed by atoms with van der Waals surface area (Å²) in [5.74, 6) is 5.99. The largest absolute Gasteiger partial charge is 0.497 e. The number of rotatable bonds is 4. The average Bonchev–Trinajstić information content (AvgIpc) is 2.52. The summed E-state index contributed by atoms with van der Waals surface area (Å²) in [6.07, 6.45) is -2.58. The van der Waals surface area contributed by atoms with Gasteiger partial charge in [-0.2, -0.15) is 0 Å². The summed E-state index contributed by atoms with van der Waals surface area (Å²) in [6, 6.07) is 14.6. The van der Waals surface area contributed by atoms with E-state index < -0.39 is 12.5 Å². The van der Waals surface area contributed by atoms with Crippen LogP contribution in [0.1, 0.15) is 5.56 Å². The molecule has 0 radical (unpaired) electrons. The zero-order chi connectivity index (χ0) is 15.1. The Balaban J connectivity index is 2.10. The third-order valence-electron chi connectivity index (χ3n) is 2.81. The number of halogens is 2. The van der Waals surface area contributed by atoms with Crippen LogP contribution in [0.15, 0.2) is 54.6 Å². The smallest absolute Gasteiger partial charge is 0.269 e. The maximum Gasteiger partial charge on any atom is 0.269 e. The van der Waals surface area contributed by atoms with Crippen LogP contribution in [0.4, 0.5) is 14.5 Å². The van der Waals surface area contributed by atoms with Crippen molar-refractivity contribution in [2.75, 3.05) is 12.4 Å². The summed E-state index contributed by atoms with van der Waals surface area (Å²) >= 11 is 0. The van der Waals surface area contributed by atoms with E-state index in [0.29, 0.717) is 17.0 Å². The number of methoxy groups -OCH3 is 1. The lowest BCUT2D eigenvalue weighted by molar-refractivity contribution is 0.143. The van der Waals surface area contributed by atoms with Gasteiger partial charge < -0.3 is 10.1 Å². The molecular formula is C17H15F2NO. The van der Waals surface area contributed by atoms with Crippen molar-refractivity contribution in [1.29, 1.82) is 0 Å². The zero-order valence-corrected chi connectivity index (χ0v) is 11.5. The van der Waals surface area contributed by atoms with Gasteiger partial charge in [-0.05, 0) is 36.4 Å². The summed E-state index contributed by atoms with van der Waals surface area (Å²) in [5, 5.41) is 2.72. The molecule has 0 aliphatic heterocycles. The monoisotopic (exact) mass is 287 g/mol. The molecule has 21 heavy (non-hydrogen) atoms. The molecule has 0 heterocycles. The van der Waals surface area contributed by atoms with Crippen molar-refractivity contribution in [3.05, 3.63) is 60.2 Å². The van der Waals surface area contributed by atoms with Crippen LogP contribution in [-0.4, -0.2) is 19.6 Å². The van der Waals surface area contributed by atoms with Gasteiger partial charge in [0.2, 0.25) is 0 Å². The van der Waals surface area contributed by atoms with E-state index in [9.17, 15) is 8.78 Å². The number of hydrogen-bond acceptors (Lipinski definition) is 2. The molecule has 0 bridgehead atoms. The Bertz CT molecular complexity index is 615. The van der Waals surface area contributed by atoms with E-state index in [1.54, 1.807) is 43.5 Å². The number of anilines is 1. The molecule has 2 nitrogen and oxygen atoms in total. The minimum Gasteiger partial charge on any atom is -0.497 e. The molecule has 2 aromatic rings. The minimum absolute atomic E-state index is 0.573. The fourth-order valence-corrected chi connectivity index (χ4v) is 1.71. The molecule has 1 N–H and O–H groups in total. The molecule has 2 aromatic carbocycles. The SMILES string of the molecule is COc1ccc(NC(C#Cc2ccccc2)C(F)F)cc1. The predicted molar refractivity (Wildman–Crippen MR) is 79.7 cm³/mol. The first kappa shape index (κ1) is 14.9. The van der Waals surface area contributed by atoms with Crippen molar-refractivity contribution in [3.63, 3.8) is 0 Å². The van der Waals surface area contributed by atoms with Crippen LogP contribution in [-0.2, 0) is 0 Å². The first-order chi connectivity index (χ1) is 10.2. The fraction of sp³-hybridized carbons (Fsp3) is 0.176. The number of ether oxygens (including phenoxy) is 1. The maximum absolute atomic E-state index is 13.0. The van der Waals surface area contributed by atoms with Gasteiger partial charge in [-0.1, -0.05) is 30.0 Å². The van der Waals surface area contributed by atoms with Crippen molar-refractivity contribution in [1.82, 2.24) is 0 Å². The molecule has 108 valence electrons. The van der Waals surface area contributed by atoms with Gasteiger partial charge in [-0.15, -0.1) is 0 Å². The summed E-state index contributed by atoms with van der Waals surface area (Å²) in [5.41, 5.74) is 1.28. The normalized spacial score (nSPS) is 11.4. The summed E-state index contributed by atoms with van der Waals surface area (Å²) in [4.78, 5) is 0. The van der Waals surface area contributed by atoms with Crippen LogP contribution in [0.5, 0.6) is 5.75 Å². The van der Waals surface area contributed by atoms with E-state index >= 15 is 0 Å². The van der Waals surface area contributed by atoms with Crippen molar-refractivity contribution < 1.29 is 13.5 Å². The summed E-state index contributed by atoms with van der Waals surface area (Å²) in [6.45, 7) is 0. The quantitative estimate of drug-likeness (QED) is 0.864. The number of benzene rings is 2. The third-order valence-corrected chi connectivity index (χ3v) is 2.81. The lowest BCUT2D eigenvalue weighted by Gasteiger charge is -2.13. The zero-order valence-electron chi connectivity index (χ0n) is 11.5. The highest BCUT2D eigenvalue weighted by Crippen LogP contribution is 2.17. The molecule has 0 fully saturated rings. The highest BCUT2D eigenvalue weighted by Gasteiger charge is 2.17. The molecular weight excluding hydrogens is 272 g/mol. The van der Waals surface area contributed by atoms with Gasteiger partial charge in [0.15, 0.2) is 0 Å². The number of nitrogens with one attached hydrogen (secondary N) is 1. The highest BCUT2D eigenvalue weighted by molar-refractivity contribution is 5.49. The molecule has 1 unspecified atom stereocenters. The molecule has 0 aromatic heterocycles. The standard InChI is InChI=1S/C17H15F2NO/c1-21-15-10-8-14(9-11-15)20-16(17(18)19)12-7-13-5-3-2-4-6-13/h2-6,8-11,16-17,20H,1H3. The first-order valence-corrected chi connectivity index (χ1v) is 6.44. The second kappa shape index (κ2) is 7.30. The van der Waals surface area contributed by atoms with Gasteiger partial charge in [0.05, 0.1) is 7.11 Å². The van der Waals surface area contributed by atoms with Crippen LogP contribution in [0.2, 0.25) is 0 Å². The van der Waals surface area contributed by atoms with E-state index in [4.69, 9.17) is 4.74 Å². The second-order valence-corrected chi connectivity index (χ2v) is 4.32. The lowest BCUT2D eigenvalue weighted by Crippen LogP contribution is -2.25. The van der Waals surface area contributed by atoms with Crippen molar-refractivity contribution in [3.8, 4) is 17.6 Å². The molecule has 0 aliphatic carbocycles. The highest BCUT2D eigenvalue weighted by atomic mass is 19.3. The third kappa shape index (κ3) is 4.50. The van der Waals surface area contributed by atoms with Gasteiger partial charge in [-0.25, -0.2) is 8.78 Å². The number of alkyl halides is 2. The Kier molecular flexibility index (Phi) is 5.16. The van der Waals surface area contributed by atoms with Crippen molar-refractivity contribution in [2.45, 2.75) is 12.5 Å². The lowest BCUT2D eigenvalue weighted by atomic mass is 10.2.